The summed E-state index contributed by atoms with van der Waals surface area (Å²) in [5.74, 6) is -1.74. The number of rotatable bonds is 10. The number of benzene rings is 1. The first-order valence-electron chi connectivity index (χ1n) is 7.60. The van der Waals surface area contributed by atoms with Crippen LogP contribution in [0.15, 0.2) is 30.3 Å². The summed E-state index contributed by atoms with van der Waals surface area (Å²) >= 11 is 0. The number of carboxylic acids is 1. The van der Waals surface area contributed by atoms with Crippen LogP contribution >= 0.6 is 0 Å². The van der Waals surface area contributed by atoms with Gasteiger partial charge in [-0.1, -0.05) is 18.2 Å². The smallest absolute Gasteiger partial charge is 0.326 e. The topological polar surface area (TPSA) is 122 Å². The average molecular weight is 321 g/mol. The molecular weight excluding hydrogens is 298 g/mol. The second-order valence-electron chi connectivity index (χ2n) is 5.11. The Hall–Kier alpha value is -2.41. The molecule has 23 heavy (non-hydrogen) atoms. The van der Waals surface area contributed by atoms with E-state index >= 15 is 0 Å². The van der Waals surface area contributed by atoms with Crippen molar-refractivity contribution in [2.24, 2.45) is 5.73 Å². The predicted octanol–water partition coefficient (Wildman–Crippen LogP) is 0.505. The number of carboxylic acid groups (broad SMARTS) is 1. The lowest BCUT2D eigenvalue weighted by atomic mass is 10.1. The average Bonchev–Trinajstić information content (AvgIpc) is 2.54. The van der Waals surface area contributed by atoms with Crippen molar-refractivity contribution in [3.8, 4) is 0 Å². The lowest BCUT2D eigenvalue weighted by Crippen LogP contribution is -2.42. The van der Waals surface area contributed by atoms with Gasteiger partial charge in [0.2, 0.25) is 5.91 Å². The zero-order chi connectivity index (χ0) is 17.1. The fourth-order valence-corrected chi connectivity index (χ4v) is 2.00. The Morgan fingerprint density at radius 3 is 2.43 bits per heavy atom. The van der Waals surface area contributed by atoms with Crippen molar-refractivity contribution in [1.82, 2.24) is 10.6 Å². The van der Waals surface area contributed by atoms with E-state index in [2.05, 4.69) is 10.6 Å². The summed E-state index contributed by atoms with van der Waals surface area (Å²) in [6.45, 7) is 0.639. The molecule has 126 valence electrons. The molecule has 2 amide bonds. The molecule has 0 radical (unpaired) electrons. The van der Waals surface area contributed by atoms with Crippen molar-refractivity contribution < 1.29 is 19.5 Å². The SMILES string of the molecule is NCCCCC(NC(=O)CCNC(=O)c1ccccc1)C(=O)O. The standard InChI is InChI=1S/C16H23N3O4/c17-10-5-4-8-13(16(22)23)19-14(20)9-11-18-15(21)12-6-2-1-3-7-12/h1-3,6-7,13H,4-5,8-11,17H2,(H,18,21)(H,19,20)(H,22,23). The fraction of sp³-hybridized carbons (Fsp3) is 0.438. The minimum Gasteiger partial charge on any atom is -0.480 e. The highest BCUT2D eigenvalue weighted by molar-refractivity contribution is 5.94. The van der Waals surface area contributed by atoms with Gasteiger partial charge in [-0.25, -0.2) is 4.79 Å². The number of nitrogens with one attached hydrogen (secondary N) is 2. The van der Waals surface area contributed by atoms with Gasteiger partial charge in [-0.2, -0.15) is 0 Å². The lowest BCUT2D eigenvalue weighted by Gasteiger charge is -2.14. The molecule has 0 aliphatic rings. The van der Waals surface area contributed by atoms with E-state index in [1.54, 1.807) is 30.3 Å². The van der Waals surface area contributed by atoms with Crippen LogP contribution in [0, 0.1) is 0 Å². The lowest BCUT2D eigenvalue weighted by molar-refractivity contribution is -0.142. The van der Waals surface area contributed by atoms with Gasteiger partial charge in [-0.05, 0) is 37.9 Å². The summed E-state index contributed by atoms with van der Waals surface area (Å²) in [6.07, 6.45) is 1.72. The number of aliphatic carboxylic acids is 1. The van der Waals surface area contributed by atoms with Crippen LogP contribution in [0.3, 0.4) is 0 Å². The van der Waals surface area contributed by atoms with E-state index in [1.165, 1.54) is 0 Å². The van der Waals surface area contributed by atoms with E-state index in [0.29, 0.717) is 31.4 Å². The van der Waals surface area contributed by atoms with E-state index in [1.807, 2.05) is 0 Å². The summed E-state index contributed by atoms with van der Waals surface area (Å²) in [5.41, 5.74) is 5.87. The monoisotopic (exact) mass is 321 g/mol. The minimum absolute atomic E-state index is 0.0270. The fourth-order valence-electron chi connectivity index (χ4n) is 2.00. The molecule has 0 saturated carbocycles. The van der Waals surface area contributed by atoms with Crippen molar-refractivity contribution in [2.75, 3.05) is 13.1 Å². The summed E-state index contributed by atoms with van der Waals surface area (Å²) in [4.78, 5) is 34.6. The van der Waals surface area contributed by atoms with Gasteiger partial charge in [0.1, 0.15) is 6.04 Å². The van der Waals surface area contributed by atoms with Gasteiger partial charge in [-0.15, -0.1) is 0 Å². The third-order valence-corrected chi connectivity index (χ3v) is 3.25. The molecule has 1 aromatic rings. The summed E-state index contributed by atoms with van der Waals surface area (Å²) in [6, 6.07) is 7.74. The molecule has 0 aromatic heterocycles. The molecule has 0 heterocycles. The molecule has 0 aliphatic heterocycles. The van der Waals surface area contributed by atoms with Crippen LogP contribution in [0.1, 0.15) is 36.0 Å². The molecule has 1 atom stereocenters. The third kappa shape index (κ3) is 7.42. The zero-order valence-electron chi connectivity index (χ0n) is 13.0. The van der Waals surface area contributed by atoms with Gasteiger partial charge in [0.15, 0.2) is 0 Å². The second kappa shape index (κ2) is 10.3. The van der Waals surface area contributed by atoms with Crippen molar-refractivity contribution in [3.63, 3.8) is 0 Å². The van der Waals surface area contributed by atoms with Crippen molar-refractivity contribution in [1.29, 1.82) is 0 Å². The molecule has 7 nitrogen and oxygen atoms in total. The number of carbonyl (C=O) groups excluding carboxylic acids is 2. The molecule has 1 rings (SSSR count). The Bertz CT molecular complexity index is 519. The molecule has 1 unspecified atom stereocenters. The first kappa shape index (κ1) is 18.6. The van der Waals surface area contributed by atoms with Crippen LogP contribution < -0.4 is 16.4 Å². The quantitative estimate of drug-likeness (QED) is 0.468. The number of carbonyl (C=O) groups is 3. The van der Waals surface area contributed by atoms with Crippen molar-refractivity contribution in [3.05, 3.63) is 35.9 Å². The highest BCUT2D eigenvalue weighted by atomic mass is 16.4. The van der Waals surface area contributed by atoms with E-state index in [-0.39, 0.29) is 18.9 Å². The number of hydrogen-bond acceptors (Lipinski definition) is 4. The number of hydrogen-bond donors (Lipinski definition) is 4. The molecule has 5 N–H and O–H groups in total. The first-order valence-corrected chi connectivity index (χ1v) is 7.60. The van der Waals surface area contributed by atoms with Gasteiger partial charge in [0.05, 0.1) is 0 Å². The Morgan fingerprint density at radius 1 is 1.13 bits per heavy atom. The highest BCUT2D eigenvalue weighted by Crippen LogP contribution is 2.01. The third-order valence-electron chi connectivity index (χ3n) is 3.25. The van der Waals surface area contributed by atoms with Crippen LogP contribution in [0.4, 0.5) is 0 Å². The van der Waals surface area contributed by atoms with Crippen LogP contribution in [0.5, 0.6) is 0 Å². The molecule has 7 heteroatoms. The van der Waals surface area contributed by atoms with E-state index < -0.39 is 17.9 Å². The van der Waals surface area contributed by atoms with E-state index in [9.17, 15) is 14.4 Å². The normalized spacial score (nSPS) is 11.5. The van der Waals surface area contributed by atoms with Gasteiger partial charge in [0, 0.05) is 18.5 Å². The van der Waals surface area contributed by atoms with Gasteiger partial charge in [-0.3, -0.25) is 9.59 Å². The maximum Gasteiger partial charge on any atom is 0.326 e. The molecular formula is C16H23N3O4. The van der Waals surface area contributed by atoms with Crippen molar-refractivity contribution >= 4 is 17.8 Å². The zero-order valence-corrected chi connectivity index (χ0v) is 13.0. The van der Waals surface area contributed by atoms with Crippen LogP contribution in [-0.4, -0.2) is 42.0 Å². The van der Waals surface area contributed by atoms with Gasteiger partial charge < -0.3 is 21.5 Å². The van der Waals surface area contributed by atoms with Crippen LogP contribution in [0.2, 0.25) is 0 Å². The molecule has 0 fully saturated rings. The van der Waals surface area contributed by atoms with Crippen LogP contribution in [0.25, 0.3) is 0 Å². The molecule has 1 aromatic carbocycles. The Labute approximate surface area is 135 Å². The van der Waals surface area contributed by atoms with E-state index in [4.69, 9.17) is 10.8 Å². The molecule has 0 spiro atoms. The summed E-state index contributed by atoms with van der Waals surface area (Å²) < 4.78 is 0. The van der Waals surface area contributed by atoms with Crippen LogP contribution in [-0.2, 0) is 9.59 Å². The predicted molar refractivity (Wildman–Crippen MR) is 85.9 cm³/mol. The number of nitrogens with two attached hydrogens (primary N) is 1. The molecule has 0 saturated heterocycles. The van der Waals surface area contributed by atoms with Crippen molar-refractivity contribution in [2.45, 2.75) is 31.7 Å². The Kier molecular flexibility index (Phi) is 8.38. The van der Waals surface area contributed by atoms with Gasteiger partial charge in [0.25, 0.3) is 5.91 Å². The maximum atomic E-state index is 11.8. The number of unbranched alkanes of at least 4 members (excludes halogenated alkanes) is 1. The summed E-state index contributed by atoms with van der Waals surface area (Å²) in [7, 11) is 0. The van der Waals surface area contributed by atoms with Gasteiger partial charge >= 0.3 is 5.97 Å². The highest BCUT2D eigenvalue weighted by Gasteiger charge is 2.19. The Balaban J connectivity index is 2.32. The molecule has 0 bridgehead atoms. The first-order chi connectivity index (χ1) is 11.0. The molecule has 0 aliphatic carbocycles. The Morgan fingerprint density at radius 2 is 1.83 bits per heavy atom. The summed E-state index contributed by atoms with van der Waals surface area (Å²) in [5, 5.41) is 14.1. The minimum atomic E-state index is -1.07. The number of amides is 2. The largest absolute Gasteiger partial charge is 0.480 e. The maximum absolute atomic E-state index is 11.8. The van der Waals surface area contributed by atoms with E-state index in [0.717, 1.165) is 0 Å². The second-order valence-corrected chi connectivity index (χ2v) is 5.11.